The minimum atomic E-state index is 0.412. The van der Waals surface area contributed by atoms with Gasteiger partial charge in [-0.2, -0.15) is 0 Å². The van der Waals surface area contributed by atoms with E-state index in [1.807, 2.05) is 0 Å². The molecule has 1 aliphatic heterocycles. The number of hydrogen-bond donors (Lipinski definition) is 1. The first-order chi connectivity index (χ1) is 7.56. The van der Waals surface area contributed by atoms with Crippen LogP contribution in [0.1, 0.15) is 60.3 Å². The summed E-state index contributed by atoms with van der Waals surface area (Å²) in [6.45, 7) is 11.3. The van der Waals surface area contributed by atoms with Crippen LogP contribution in [-0.4, -0.2) is 24.3 Å². The molecule has 1 saturated heterocycles. The number of nitrogens with one attached hydrogen (secondary N) is 1. The molecule has 0 bridgehead atoms. The van der Waals surface area contributed by atoms with Gasteiger partial charge in [0.1, 0.15) is 0 Å². The second-order valence-electron chi connectivity index (χ2n) is 5.46. The van der Waals surface area contributed by atoms with Crippen molar-refractivity contribution in [1.29, 1.82) is 0 Å². The molecule has 2 nitrogen and oxygen atoms in total. The monoisotopic (exact) mass is 227 g/mol. The fourth-order valence-electron chi connectivity index (χ4n) is 3.04. The zero-order valence-corrected chi connectivity index (χ0v) is 11.6. The van der Waals surface area contributed by atoms with Crippen molar-refractivity contribution in [3.8, 4) is 0 Å². The molecule has 0 aliphatic carbocycles. The van der Waals surface area contributed by atoms with Crippen molar-refractivity contribution in [2.75, 3.05) is 0 Å². The van der Waals surface area contributed by atoms with Crippen molar-refractivity contribution >= 4 is 0 Å². The molecule has 0 aromatic carbocycles. The lowest BCUT2D eigenvalue weighted by molar-refractivity contribution is -0.0442. The first-order valence-electron chi connectivity index (χ1n) is 6.98. The predicted molar refractivity (Wildman–Crippen MR) is 69.7 cm³/mol. The average molecular weight is 227 g/mol. The highest BCUT2D eigenvalue weighted by Crippen LogP contribution is 2.21. The van der Waals surface area contributed by atoms with Crippen LogP contribution in [0.5, 0.6) is 0 Å². The number of hydrogen-bond acceptors (Lipinski definition) is 2. The third kappa shape index (κ3) is 4.06. The first-order valence-corrected chi connectivity index (χ1v) is 6.98. The Balaban J connectivity index is 2.40. The smallest absolute Gasteiger partial charge is 0.0565 e. The van der Waals surface area contributed by atoms with E-state index in [1.165, 1.54) is 12.8 Å². The van der Waals surface area contributed by atoms with Crippen LogP contribution in [-0.2, 0) is 4.74 Å². The quantitative estimate of drug-likeness (QED) is 0.777. The van der Waals surface area contributed by atoms with Crippen LogP contribution < -0.4 is 5.32 Å². The molecule has 0 aromatic heterocycles. The largest absolute Gasteiger partial charge is 0.375 e. The molecule has 0 aromatic rings. The third-order valence-electron chi connectivity index (χ3n) is 3.95. The molecule has 96 valence electrons. The Morgan fingerprint density at radius 3 is 2.06 bits per heavy atom. The van der Waals surface area contributed by atoms with Gasteiger partial charge < -0.3 is 10.1 Å². The average Bonchev–Trinajstić information content (AvgIpc) is 2.17. The van der Waals surface area contributed by atoms with Crippen LogP contribution in [0.3, 0.4) is 0 Å². The van der Waals surface area contributed by atoms with Crippen molar-refractivity contribution in [3.63, 3.8) is 0 Å². The van der Waals surface area contributed by atoms with E-state index < -0.39 is 0 Å². The standard InChI is InChI=1S/C14H29NO/c1-6-13(7-2)12(5)15-14-8-10(3)16-11(4)9-14/h10-15H,6-9H2,1-5H3. The molecule has 0 saturated carbocycles. The fraction of sp³-hybridized carbons (Fsp3) is 1.00. The van der Waals surface area contributed by atoms with Crippen molar-refractivity contribution in [2.24, 2.45) is 5.92 Å². The van der Waals surface area contributed by atoms with Gasteiger partial charge in [0, 0.05) is 12.1 Å². The maximum absolute atomic E-state index is 5.77. The molecule has 1 aliphatic rings. The molecule has 1 heterocycles. The lowest BCUT2D eigenvalue weighted by Gasteiger charge is -2.36. The van der Waals surface area contributed by atoms with Gasteiger partial charge >= 0.3 is 0 Å². The number of ether oxygens (including phenoxy) is 1. The molecule has 0 spiro atoms. The van der Waals surface area contributed by atoms with Crippen molar-refractivity contribution < 1.29 is 4.74 Å². The summed E-state index contributed by atoms with van der Waals surface area (Å²) in [5.74, 6) is 0.813. The Morgan fingerprint density at radius 2 is 1.62 bits per heavy atom. The van der Waals surface area contributed by atoms with E-state index in [4.69, 9.17) is 4.74 Å². The summed E-state index contributed by atoms with van der Waals surface area (Å²) in [7, 11) is 0. The highest BCUT2D eigenvalue weighted by atomic mass is 16.5. The maximum Gasteiger partial charge on any atom is 0.0565 e. The summed E-state index contributed by atoms with van der Waals surface area (Å²) in [5.41, 5.74) is 0. The van der Waals surface area contributed by atoms with E-state index in [9.17, 15) is 0 Å². The molecule has 1 fully saturated rings. The molecule has 0 radical (unpaired) electrons. The highest BCUT2D eigenvalue weighted by molar-refractivity contribution is 4.82. The minimum absolute atomic E-state index is 0.412. The zero-order chi connectivity index (χ0) is 12.1. The molecule has 2 heteroatoms. The summed E-state index contributed by atoms with van der Waals surface area (Å²) >= 11 is 0. The van der Waals surface area contributed by atoms with Gasteiger partial charge in [0.05, 0.1) is 12.2 Å². The van der Waals surface area contributed by atoms with Gasteiger partial charge in [-0.25, -0.2) is 0 Å². The van der Waals surface area contributed by atoms with Gasteiger partial charge in [0.2, 0.25) is 0 Å². The van der Waals surface area contributed by atoms with Crippen LogP contribution >= 0.6 is 0 Å². The SMILES string of the molecule is CCC(CC)C(C)NC1CC(C)OC(C)C1. The first kappa shape index (κ1) is 14.0. The molecule has 3 unspecified atom stereocenters. The normalized spacial score (nSPS) is 33.0. The summed E-state index contributed by atoms with van der Waals surface area (Å²) in [4.78, 5) is 0. The molecule has 3 atom stereocenters. The Labute approximate surface area is 101 Å². The maximum atomic E-state index is 5.77. The number of rotatable bonds is 5. The van der Waals surface area contributed by atoms with E-state index >= 15 is 0 Å². The van der Waals surface area contributed by atoms with Crippen molar-refractivity contribution in [1.82, 2.24) is 5.32 Å². The van der Waals surface area contributed by atoms with Crippen LogP contribution in [0.25, 0.3) is 0 Å². The van der Waals surface area contributed by atoms with Crippen LogP contribution in [0.15, 0.2) is 0 Å². The zero-order valence-electron chi connectivity index (χ0n) is 11.6. The second kappa shape index (κ2) is 6.61. The second-order valence-corrected chi connectivity index (χ2v) is 5.46. The van der Waals surface area contributed by atoms with Gasteiger partial charge in [0.25, 0.3) is 0 Å². The van der Waals surface area contributed by atoms with E-state index in [0.717, 1.165) is 18.8 Å². The van der Waals surface area contributed by atoms with Gasteiger partial charge in [-0.05, 0) is 39.5 Å². The Kier molecular flexibility index (Phi) is 5.77. The van der Waals surface area contributed by atoms with Gasteiger partial charge in [-0.1, -0.05) is 26.7 Å². The van der Waals surface area contributed by atoms with E-state index in [2.05, 4.69) is 39.9 Å². The molecule has 1 N–H and O–H groups in total. The lowest BCUT2D eigenvalue weighted by Crippen LogP contribution is -2.47. The van der Waals surface area contributed by atoms with Crippen LogP contribution in [0, 0.1) is 5.92 Å². The molecule has 0 amide bonds. The summed E-state index contributed by atoms with van der Waals surface area (Å²) in [6, 6.07) is 1.28. The third-order valence-corrected chi connectivity index (χ3v) is 3.95. The molecular formula is C14H29NO. The Hall–Kier alpha value is -0.0800. The Bertz CT molecular complexity index is 181. The fourth-order valence-corrected chi connectivity index (χ4v) is 3.04. The topological polar surface area (TPSA) is 21.3 Å². The van der Waals surface area contributed by atoms with E-state index in [1.54, 1.807) is 0 Å². The van der Waals surface area contributed by atoms with Crippen LogP contribution in [0.2, 0.25) is 0 Å². The summed E-state index contributed by atoms with van der Waals surface area (Å²) in [6.07, 6.45) is 5.70. The summed E-state index contributed by atoms with van der Waals surface area (Å²) < 4.78 is 5.77. The lowest BCUT2D eigenvalue weighted by atomic mass is 9.92. The summed E-state index contributed by atoms with van der Waals surface area (Å²) in [5, 5.41) is 3.80. The van der Waals surface area contributed by atoms with Crippen LogP contribution in [0.4, 0.5) is 0 Å². The van der Waals surface area contributed by atoms with Crippen molar-refractivity contribution in [2.45, 2.75) is 84.6 Å². The minimum Gasteiger partial charge on any atom is -0.375 e. The van der Waals surface area contributed by atoms with Gasteiger partial charge in [0.15, 0.2) is 0 Å². The van der Waals surface area contributed by atoms with E-state index in [-0.39, 0.29) is 0 Å². The molecule has 1 rings (SSSR count). The van der Waals surface area contributed by atoms with E-state index in [0.29, 0.717) is 24.3 Å². The highest BCUT2D eigenvalue weighted by Gasteiger charge is 2.26. The predicted octanol–water partition coefficient (Wildman–Crippen LogP) is 3.36. The van der Waals surface area contributed by atoms with Gasteiger partial charge in [-0.3, -0.25) is 0 Å². The van der Waals surface area contributed by atoms with Gasteiger partial charge in [-0.15, -0.1) is 0 Å². The van der Waals surface area contributed by atoms with Crippen molar-refractivity contribution in [3.05, 3.63) is 0 Å². The molecule has 16 heavy (non-hydrogen) atoms. The molecular weight excluding hydrogens is 198 g/mol. The Morgan fingerprint density at radius 1 is 1.12 bits per heavy atom.